The molecule has 0 atom stereocenters. The highest BCUT2D eigenvalue weighted by Gasteiger charge is 2.19. The van der Waals surface area contributed by atoms with Gasteiger partial charge < -0.3 is 19.2 Å². The molecule has 0 unspecified atom stereocenters. The molecule has 0 saturated heterocycles. The standard InChI is InChI=1S/C17H19N7O3/c1-23(10-14-22-20-11-24(14)7-8-27-2)17(26)12-9-19-15(21-16(12)25)13-5-3-4-6-18-13/h3-6,9,11H,7-8,10H2,1-2H3,(H,19,21,25). The molecule has 1 N–H and O–H groups in total. The number of carbonyl (C=O) groups excluding carboxylic acids is 1. The molecular formula is C17H19N7O3. The molecule has 0 aliphatic heterocycles. The molecule has 3 aromatic heterocycles. The minimum atomic E-state index is -0.525. The van der Waals surface area contributed by atoms with Crippen molar-refractivity contribution >= 4 is 5.91 Å². The number of hydrogen-bond donors (Lipinski definition) is 1. The number of nitrogens with one attached hydrogen (secondary N) is 1. The molecule has 0 bridgehead atoms. The van der Waals surface area contributed by atoms with Gasteiger partial charge in [-0.25, -0.2) is 4.98 Å². The van der Waals surface area contributed by atoms with E-state index in [9.17, 15) is 9.59 Å². The molecule has 140 valence electrons. The summed E-state index contributed by atoms with van der Waals surface area (Å²) < 4.78 is 6.83. The number of amides is 1. The first-order valence-corrected chi connectivity index (χ1v) is 8.22. The summed E-state index contributed by atoms with van der Waals surface area (Å²) >= 11 is 0. The van der Waals surface area contributed by atoms with Gasteiger partial charge in [-0.05, 0) is 12.1 Å². The Balaban J connectivity index is 1.76. The Hall–Kier alpha value is -3.40. The van der Waals surface area contributed by atoms with Crippen molar-refractivity contribution in [1.82, 2.24) is 34.6 Å². The highest BCUT2D eigenvalue weighted by molar-refractivity contribution is 5.93. The Labute approximate surface area is 154 Å². The van der Waals surface area contributed by atoms with Crippen LogP contribution >= 0.6 is 0 Å². The van der Waals surface area contributed by atoms with Gasteiger partial charge in [0.25, 0.3) is 11.5 Å². The topological polar surface area (TPSA) is 119 Å². The number of nitrogens with zero attached hydrogens (tertiary/aromatic N) is 6. The van der Waals surface area contributed by atoms with Gasteiger partial charge in [-0.1, -0.05) is 6.07 Å². The Morgan fingerprint density at radius 1 is 1.33 bits per heavy atom. The number of ether oxygens (including phenoxy) is 1. The molecule has 1 amide bonds. The highest BCUT2D eigenvalue weighted by Crippen LogP contribution is 2.09. The van der Waals surface area contributed by atoms with Crippen LogP contribution in [0.25, 0.3) is 11.5 Å². The number of H-pyrrole nitrogens is 1. The molecule has 10 nitrogen and oxygen atoms in total. The molecule has 0 radical (unpaired) electrons. The van der Waals surface area contributed by atoms with Gasteiger partial charge in [0, 0.05) is 33.1 Å². The fourth-order valence-electron chi connectivity index (χ4n) is 2.45. The lowest BCUT2D eigenvalue weighted by molar-refractivity contribution is 0.0777. The molecular weight excluding hydrogens is 350 g/mol. The Kier molecular flexibility index (Phi) is 5.67. The second-order valence-electron chi connectivity index (χ2n) is 5.78. The van der Waals surface area contributed by atoms with Gasteiger partial charge in [0.1, 0.15) is 17.6 Å². The van der Waals surface area contributed by atoms with Crippen molar-refractivity contribution in [3.8, 4) is 11.5 Å². The summed E-state index contributed by atoms with van der Waals surface area (Å²) in [6, 6.07) is 5.27. The van der Waals surface area contributed by atoms with Crippen LogP contribution < -0.4 is 5.56 Å². The van der Waals surface area contributed by atoms with E-state index in [0.29, 0.717) is 30.5 Å². The van der Waals surface area contributed by atoms with Crippen molar-refractivity contribution in [2.45, 2.75) is 13.1 Å². The molecule has 0 spiro atoms. The molecule has 0 fully saturated rings. The molecule has 3 heterocycles. The van der Waals surface area contributed by atoms with Crippen LogP contribution in [0.2, 0.25) is 0 Å². The third kappa shape index (κ3) is 4.23. The summed E-state index contributed by atoms with van der Waals surface area (Å²) in [4.78, 5) is 37.3. The minimum absolute atomic E-state index is 0.0554. The summed E-state index contributed by atoms with van der Waals surface area (Å²) in [5, 5.41) is 7.87. The van der Waals surface area contributed by atoms with Crippen LogP contribution in [0.1, 0.15) is 16.2 Å². The Morgan fingerprint density at radius 3 is 2.89 bits per heavy atom. The van der Waals surface area contributed by atoms with Gasteiger partial charge >= 0.3 is 0 Å². The number of methoxy groups -OCH3 is 1. The van der Waals surface area contributed by atoms with Crippen LogP contribution in [0.4, 0.5) is 0 Å². The van der Waals surface area contributed by atoms with Gasteiger partial charge in [0.15, 0.2) is 11.6 Å². The molecule has 0 aromatic carbocycles. The lowest BCUT2D eigenvalue weighted by atomic mass is 10.2. The SMILES string of the molecule is COCCn1cnnc1CN(C)C(=O)c1cnc(-c2ccccn2)[nH]c1=O. The van der Waals surface area contributed by atoms with E-state index in [0.717, 1.165) is 0 Å². The molecule has 27 heavy (non-hydrogen) atoms. The van der Waals surface area contributed by atoms with Gasteiger partial charge in [0.2, 0.25) is 0 Å². The number of hydrogen-bond acceptors (Lipinski definition) is 7. The van der Waals surface area contributed by atoms with Crippen molar-refractivity contribution in [3.63, 3.8) is 0 Å². The van der Waals surface area contributed by atoms with E-state index in [4.69, 9.17) is 4.74 Å². The first-order valence-electron chi connectivity index (χ1n) is 8.22. The predicted octanol–water partition coefficient (Wildman–Crippen LogP) is 0.342. The molecule has 0 aliphatic carbocycles. The van der Waals surface area contributed by atoms with E-state index < -0.39 is 11.5 Å². The molecule has 0 aliphatic rings. The quantitative estimate of drug-likeness (QED) is 0.638. The van der Waals surface area contributed by atoms with Gasteiger partial charge in [0.05, 0.1) is 13.2 Å². The summed E-state index contributed by atoms with van der Waals surface area (Å²) in [5.41, 5.74) is -0.0586. The largest absolute Gasteiger partial charge is 0.383 e. The number of aromatic nitrogens is 6. The maximum atomic E-state index is 12.6. The summed E-state index contributed by atoms with van der Waals surface area (Å²) in [5.74, 6) is 0.439. The van der Waals surface area contributed by atoms with Crippen molar-refractivity contribution in [3.05, 3.63) is 58.7 Å². The van der Waals surface area contributed by atoms with Crippen LogP contribution in [0.3, 0.4) is 0 Å². The number of pyridine rings is 1. The fourth-order valence-corrected chi connectivity index (χ4v) is 2.45. The van der Waals surface area contributed by atoms with Gasteiger partial charge in [-0.15, -0.1) is 10.2 Å². The van der Waals surface area contributed by atoms with Crippen LogP contribution in [0.5, 0.6) is 0 Å². The first kappa shape index (κ1) is 18.4. The number of aromatic amines is 1. The maximum Gasteiger partial charge on any atom is 0.264 e. The minimum Gasteiger partial charge on any atom is -0.383 e. The number of carbonyl (C=O) groups is 1. The van der Waals surface area contributed by atoms with Crippen molar-refractivity contribution < 1.29 is 9.53 Å². The zero-order chi connectivity index (χ0) is 19.2. The fraction of sp³-hybridized carbons (Fsp3) is 0.294. The van der Waals surface area contributed by atoms with E-state index in [1.165, 1.54) is 11.1 Å². The van der Waals surface area contributed by atoms with E-state index >= 15 is 0 Å². The summed E-state index contributed by atoms with van der Waals surface area (Å²) in [6.45, 7) is 1.27. The molecule has 3 rings (SSSR count). The second kappa shape index (κ2) is 8.32. The van der Waals surface area contributed by atoms with E-state index in [1.807, 2.05) is 0 Å². The summed E-state index contributed by atoms with van der Waals surface area (Å²) in [6.07, 6.45) is 4.43. The Morgan fingerprint density at radius 2 is 2.19 bits per heavy atom. The lowest BCUT2D eigenvalue weighted by Crippen LogP contribution is -2.32. The Bertz CT molecular complexity index is 968. The average molecular weight is 369 g/mol. The zero-order valence-corrected chi connectivity index (χ0v) is 15.0. The van der Waals surface area contributed by atoms with Crippen LogP contribution in [-0.2, 0) is 17.8 Å². The third-order valence-corrected chi connectivity index (χ3v) is 3.89. The first-order chi connectivity index (χ1) is 13.1. The van der Waals surface area contributed by atoms with E-state index in [-0.39, 0.29) is 12.1 Å². The maximum absolute atomic E-state index is 12.6. The van der Waals surface area contributed by atoms with Crippen molar-refractivity contribution in [2.24, 2.45) is 0 Å². The zero-order valence-electron chi connectivity index (χ0n) is 15.0. The monoisotopic (exact) mass is 369 g/mol. The van der Waals surface area contributed by atoms with Gasteiger partial charge in [-0.3, -0.25) is 14.6 Å². The van der Waals surface area contributed by atoms with Crippen LogP contribution in [0, 0.1) is 0 Å². The van der Waals surface area contributed by atoms with Gasteiger partial charge in [-0.2, -0.15) is 0 Å². The third-order valence-electron chi connectivity index (χ3n) is 3.89. The lowest BCUT2D eigenvalue weighted by Gasteiger charge is -2.16. The van der Waals surface area contributed by atoms with E-state index in [2.05, 4.69) is 25.1 Å². The van der Waals surface area contributed by atoms with Crippen molar-refractivity contribution in [1.29, 1.82) is 0 Å². The normalized spacial score (nSPS) is 10.7. The van der Waals surface area contributed by atoms with Crippen LogP contribution in [0.15, 0.2) is 41.7 Å². The molecule has 10 heteroatoms. The predicted molar refractivity (Wildman–Crippen MR) is 95.8 cm³/mol. The highest BCUT2D eigenvalue weighted by atomic mass is 16.5. The van der Waals surface area contributed by atoms with Crippen molar-refractivity contribution in [2.75, 3.05) is 20.8 Å². The average Bonchev–Trinajstić information content (AvgIpc) is 3.13. The molecule has 3 aromatic rings. The van der Waals surface area contributed by atoms with Crippen LogP contribution in [-0.4, -0.2) is 61.3 Å². The smallest absolute Gasteiger partial charge is 0.264 e. The second-order valence-corrected chi connectivity index (χ2v) is 5.78. The summed E-state index contributed by atoms with van der Waals surface area (Å²) in [7, 11) is 3.19. The van der Waals surface area contributed by atoms with E-state index in [1.54, 1.807) is 49.4 Å². The number of rotatable bonds is 7. The molecule has 0 saturated carbocycles.